The van der Waals surface area contributed by atoms with Crippen molar-refractivity contribution < 1.29 is 19.4 Å². The van der Waals surface area contributed by atoms with Gasteiger partial charge in [-0.15, -0.1) is 0 Å². The van der Waals surface area contributed by atoms with E-state index in [2.05, 4.69) is 0 Å². The Bertz CT molecular complexity index is 262. The highest BCUT2D eigenvalue weighted by atomic mass is 16.6. The Morgan fingerprint density at radius 3 is 2.92 bits per heavy atom. The third-order valence-electron chi connectivity index (χ3n) is 1.52. The molecule has 0 aromatic rings. The van der Waals surface area contributed by atoms with Gasteiger partial charge in [0.15, 0.2) is 11.5 Å². The fourth-order valence-electron chi connectivity index (χ4n) is 0.874. The molecule has 0 aromatic heterocycles. The first-order valence-corrected chi connectivity index (χ1v) is 3.47. The lowest BCUT2D eigenvalue weighted by molar-refractivity contribution is -0.132. The highest BCUT2D eigenvalue weighted by Crippen LogP contribution is 2.22. The van der Waals surface area contributed by atoms with E-state index in [1.54, 1.807) is 6.92 Å². The number of ether oxygens (including phenoxy) is 2. The van der Waals surface area contributed by atoms with Crippen molar-refractivity contribution in [3.05, 3.63) is 23.2 Å². The van der Waals surface area contributed by atoms with E-state index in [0.717, 1.165) is 0 Å². The van der Waals surface area contributed by atoms with Crippen LogP contribution in [0.5, 0.6) is 0 Å². The first kappa shape index (κ1) is 8.80. The van der Waals surface area contributed by atoms with Gasteiger partial charge in [-0.2, -0.15) is 0 Å². The van der Waals surface area contributed by atoms with Crippen molar-refractivity contribution in [1.82, 2.24) is 0 Å². The Morgan fingerprint density at radius 2 is 2.42 bits per heavy atom. The van der Waals surface area contributed by atoms with Crippen LogP contribution in [0.4, 0.5) is 0 Å². The van der Waals surface area contributed by atoms with Crippen LogP contribution >= 0.6 is 0 Å². The topological polar surface area (TPSA) is 55.8 Å². The van der Waals surface area contributed by atoms with E-state index in [1.165, 1.54) is 13.2 Å². The predicted molar refractivity (Wildman–Crippen MR) is 41.0 cm³/mol. The normalized spacial score (nSPS) is 20.2. The fraction of sp³-hybridized carbons (Fsp3) is 0.375. The zero-order valence-corrected chi connectivity index (χ0v) is 6.96. The van der Waals surface area contributed by atoms with Crippen molar-refractivity contribution >= 4 is 5.97 Å². The van der Waals surface area contributed by atoms with Crippen molar-refractivity contribution in [1.29, 1.82) is 0 Å². The van der Waals surface area contributed by atoms with Gasteiger partial charge in [-0.3, -0.25) is 0 Å². The Morgan fingerprint density at radius 1 is 1.75 bits per heavy atom. The van der Waals surface area contributed by atoms with Gasteiger partial charge in [0.25, 0.3) is 0 Å². The summed E-state index contributed by atoms with van der Waals surface area (Å²) in [6, 6.07) is 0. The number of rotatable bonds is 2. The zero-order valence-electron chi connectivity index (χ0n) is 6.96. The number of aliphatic hydroxyl groups excluding tert-OH is 1. The molecular weight excluding hydrogens is 160 g/mol. The molecule has 1 N–H and O–H groups in total. The molecule has 1 aliphatic heterocycles. The lowest BCUT2D eigenvalue weighted by Crippen LogP contribution is -1.98. The van der Waals surface area contributed by atoms with Crippen LogP contribution in [0.25, 0.3) is 0 Å². The Balaban J connectivity index is 2.96. The molecule has 0 amide bonds. The van der Waals surface area contributed by atoms with Crippen LogP contribution in [0.3, 0.4) is 0 Å². The molecule has 1 aliphatic rings. The van der Waals surface area contributed by atoms with Gasteiger partial charge in [0.05, 0.1) is 19.8 Å². The van der Waals surface area contributed by atoms with E-state index in [9.17, 15) is 4.79 Å². The van der Waals surface area contributed by atoms with Gasteiger partial charge in [-0.05, 0) is 12.5 Å². The molecule has 0 radical (unpaired) electrons. The summed E-state index contributed by atoms with van der Waals surface area (Å²) in [5.41, 5.74) is 0.578. The number of cyclic esters (lactones) is 1. The standard InChI is InChI=1S/C8H10O4/c1-5(4-9)8-6(11-2)3-7(10)12-8/h3,9H,4H2,1-2H3. The second kappa shape index (κ2) is 3.40. The van der Waals surface area contributed by atoms with Crippen LogP contribution in [0, 0.1) is 0 Å². The maximum Gasteiger partial charge on any atom is 0.340 e. The van der Waals surface area contributed by atoms with Crippen LogP contribution in [0.15, 0.2) is 23.2 Å². The first-order chi connectivity index (χ1) is 5.69. The van der Waals surface area contributed by atoms with Crippen LogP contribution < -0.4 is 0 Å². The second-order valence-electron chi connectivity index (χ2n) is 2.40. The van der Waals surface area contributed by atoms with E-state index >= 15 is 0 Å². The molecule has 0 bridgehead atoms. The SMILES string of the molecule is COC1=CC(=O)OC1=C(C)CO. The molecule has 66 valence electrons. The maximum atomic E-state index is 10.7. The van der Waals surface area contributed by atoms with Crippen molar-refractivity contribution in [3.63, 3.8) is 0 Å². The lowest BCUT2D eigenvalue weighted by atomic mass is 10.2. The Kier molecular flexibility index (Phi) is 2.50. The summed E-state index contributed by atoms with van der Waals surface area (Å²) < 4.78 is 9.64. The minimum atomic E-state index is -0.463. The third kappa shape index (κ3) is 1.48. The van der Waals surface area contributed by atoms with Crippen molar-refractivity contribution in [3.8, 4) is 0 Å². The minimum absolute atomic E-state index is 0.149. The maximum absolute atomic E-state index is 10.7. The molecule has 0 saturated carbocycles. The number of esters is 1. The van der Waals surface area contributed by atoms with E-state index < -0.39 is 5.97 Å². The third-order valence-corrected chi connectivity index (χ3v) is 1.52. The van der Waals surface area contributed by atoms with Crippen LogP contribution in [0.2, 0.25) is 0 Å². The van der Waals surface area contributed by atoms with Crippen molar-refractivity contribution in [2.24, 2.45) is 0 Å². The average Bonchev–Trinajstić information content (AvgIpc) is 2.45. The fourth-order valence-corrected chi connectivity index (χ4v) is 0.874. The van der Waals surface area contributed by atoms with Crippen molar-refractivity contribution in [2.45, 2.75) is 6.92 Å². The van der Waals surface area contributed by atoms with Gasteiger partial charge in [-0.1, -0.05) is 0 Å². The van der Waals surface area contributed by atoms with Crippen molar-refractivity contribution in [2.75, 3.05) is 13.7 Å². The van der Waals surface area contributed by atoms with E-state index in [4.69, 9.17) is 14.6 Å². The monoisotopic (exact) mass is 170 g/mol. The van der Waals surface area contributed by atoms with E-state index in [0.29, 0.717) is 17.1 Å². The summed E-state index contributed by atoms with van der Waals surface area (Å²) in [4.78, 5) is 10.7. The van der Waals surface area contributed by atoms with Crippen LogP contribution in [-0.2, 0) is 14.3 Å². The first-order valence-electron chi connectivity index (χ1n) is 3.47. The summed E-state index contributed by atoms with van der Waals surface area (Å²) in [7, 11) is 1.44. The molecule has 12 heavy (non-hydrogen) atoms. The van der Waals surface area contributed by atoms with Gasteiger partial charge in [0.1, 0.15) is 0 Å². The molecule has 1 heterocycles. The molecule has 0 aromatic carbocycles. The highest BCUT2D eigenvalue weighted by molar-refractivity contribution is 5.87. The number of aliphatic hydroxyl groups is 1. The van der Waals surface area contributed by atoms with Gasteiger partial charge < -0.3 is 14.6 Å². The molecule has 0 atom stereocenters. The predicted octanol–water partition coefficient (Wildman–Crippen LogP) is 0.340. The quantitative estimate of drug-likeness (QED) is 0.607. The molecule has 4 heteroatoms. The van der Waals surface area contributed by atoms with E-state index in [-0.39, 0.29) is 6.61 Å². The average molecular weight is 170 g/mol. The van der Waals surface area contributed by atoms with Crippen LogP contribution in [0.1, 0.15) is 6.92 Å². The summed E-state index contributed by atoms with van der Waals surface area (Å²) in [6.07, 6.45) is 1.24. The number of hydrogen-bond acceptors (Lipinski definition) is 4. The smallest absolute Gasteiger partial charge is 0.340 e. The molecule has 0 aliphatic carbocycles. The molecule has 0 saturated heterocycles. The van der Waals surface area contributed by atoms with Gasteiger partial charge in [0, 0.05) is 0 Å². The molecule has 0 unspecified atom stereocenters. The van der Waals surface area contributed by atoms with E-state index in [1.807, 2.05) is 0 Å². The summed E-state index contributed by atoms with van der Waals surface area (Å²) in [5, 5.41) is 8.76. The number of carbonyl (C=O) groups excluding carboxylic acids is 1. The van der Waals surface area contributed by atoms with Gasteiger partial charge in [-0.25, -0.2) is 4.79 Å². The zero-order chi connectivity index (χ0) is 9.14. The summed E-state index contributed by atoms with van der Waals surface area (Å²) >= 11 is 0. The highest BCUT2D eigenvalue weighted by Gasteiger charge is 2.22. The number of hydrogen-bond donors (Lipinski definition) is 1. The number of carbonyl (C=O) groups is 1. The Labute approximate surface area is 70.1 Å². The molecule has 4 nitrogen and oxygen atoms in total. The molecule has 0 spiro atoms. The number of methoxy groups -OCH3 is 1. The minimum Gasteiger partial charge on any atom is -0.493 e. The molecular formula is C8H10O4. The molecule has 0 fully saturated rings. The van der Waals surface area contributed by atoms with Gasteiger partial charge >= 0.3 is 5.97 Å². The lowest BCUT2D eigenvalue weighted by Gasteiger charge is -2.05. The Hall–Kier alpha value is -1.29. The van der Waals surface area contributed by atoms with Gasteiger partial charge in [0.2, 0.25) is 0 Å². The summed E-state index contributed by atoms with van der Waals surface area (Å²) in [6.45, 7) is 1.52. The second-order valence-corrected chi connectivity index (χ2v) is 2.40. The van der Waals surface area contributed by atoms with Crippen LogP contribution in [-0.4, -0.2) is 24.8 Å². The largest absolute Gasteiger partial charge is 0.493 e. The molecule has 1 rings (SSSR count). The summed E-state index contributed by atoms with van der Waals surface area (Å²) in [5.74, 6) is 0.228.